The van der Waals surface area contributed by atoms with Crippen LogP contribution in [-0.4, -0.2) is 16.6 Å². The Morgan fingerprint density at radius 3 is 1.86 bits per heavy atom. The molecule has 3 aromatic carbocycles. The highest BCUT2D eigenvalue weighted by molar-refractivity contribution is 8.17. The van der Waals surface area contributed by atoms with Crippen LogP contribution >= 0.6 is 35.5 Å². The molecule has 0 radical (unpaired) electrons. The monoisotopic (exact) mass is 545 g/mol. The molecule has 0 spiro atoms. The zero-order valence-electron chi connectivity index (χ0n) is 20.9. The van der Waals surface area contributed by atoms with Gasteiger partial charge in [0.1, 0.15) is 17.7 Å². The largest absolute Gasteiger partial charge is 0.477 e. The number of rotatable bonds is 13. The van der Waals surface area contributed by atoms with Crippen molar-refractivity contribution in [1.82, 2.24) is 0 Å². The lowest BCUT2D eigenvalue weighted by molar-refractivity contribution is 0.148. The summed E-state index contributed by atoms with van der Waals surface area (Å²) in [5, 5.41) is 0. The lowest BCUT2D eigenvalue weighted by atomic mass is 10.0. The van der Waals surface area contributed by atoms with E-state index in [4.69, 9.17) is 9.13 Å². The molecule has 1 unspecified atom stereocenters. The molecule has 0 aromatic heterocycles. The predicted molar refractivity (Wildman–Crippen MR) is 152 cm³/mol. The van der Waals surface area contributed by atoms with Crippen LogP contribution in [0, 0.1) is 17.6 Å². The molecule has 0 aliphatic rings. The molecule has 0 saturated heterocycles. The van der Waals surface area contributed by atoms with Crippen molar-refractivity contribution in [3.05, 3.63) is 90.5 Å². The second-order valence-corrected chi connectivity index (χ2v) is 12.5. The summed E-state index contributed by atoms with van der Waals surface area (Å²) in [7, 11) is 0. The number of hydrogen-bond acceptors (Lipinski definition) is 5. The second kappa shape index (κ2) is 15.3. The van der Waals surface area contributed by atoms with Crippen LogP contribution in [0.25, 0.3) is 0 Å². The fraction of sp³-hybridized carbons (Fsp3) is 0.345. The normalized spacial score (nSPS) is 12.8. The van der Waals surface area contributed by atoms with Crippen LogP contribution in [0.2, 0.25) is 0 Å². The van der Waals surface area contributed by atoms with Gasteiger partial charge in [-0.25, -0.2) is 8.78 Å². The van der Waals surface area contributed by atoms with Crippen molar-refractivity contribution in [3.8, 4) is 0 Å². The van der Waals surface area contributed by atoms with E-state index in [1.807, 2.05) is 30.3 Å². The first kappa shape index (κ1) is 28.6. The smallest absolute Gasteiger partial charge is 0.197 e. The van der Waals surface area contributed by atoms with Gasteiger partial charge in [-0.3, -0.25) is 0 Å². The van der Waals surface area contributed by atoms with Gasteiger partial charge >= 0.3 is 0 Å². The molecule has 0 aliphatic carbocycles. The first-order valence-corrected chi connectivity index (χ1v) is 14.7. The van der Waals surface area contributed by atoms with Gasteiger partial charge in [0.25, 0.3) is 0 Å². The van der Waals surface area contributed by atoms with Crippen molar-refractivity contribution in [1.29, 1.82) is 0 Å². The maximum atomic E-state index is 13.5. The minimum Gasteiger partial charge on any atom is -0.477 e. The number of hydrogen-bond donors (Lipinski definition) is 0. The molecule has 0 fully saturated rings. The van der Waals surface area contributed by atoms with Gasteiger partial charge in [0.05, 0.1) is 4.58 Å². The Hall–Kier alpha value is -1.96. The maximum Gasteiger partial charge on any atom is 0.197 e. The minimum atomic E-state index is -0.261. The van der Waals surface area contributed by atoms with E-state index in [1.54, 1.807) is 47.8 Å². The summed E-state index contributed by atoms with van der Waals surface area (Å²) >= 11 is 4.68. The molecule has 7 heteroatoms. The van der Waals surface area contributed by atoms with E-state index in [1.165, 1.54) is 36.2 Å². The molecule has 3 aromatic rings. The van der Waals surface area contributed by atoms with Gasteiger partial charge in [-0.1, -0.05) is 45.4 Å². The Morgan fingerprint density at radius 1 is 0.806 bits per heavy atom. The van der Waals surface area contributed by atoms with Gasteiger partial charge < -0.3 is 4.74 Å². The highest BCUT2D eigenvalue weighted by Crippen LogP contribution is 2.39. The van der Waals surface area contributed by atoms with E-state index in [0.717, 1.165) is 33.9 Å². The molecule has 0 saturated carbocycles. The van der Waals surface area contributed by atoms with Crippen molar-refractivity contribution in [2.24, 2.45) is 10.3 Å². The van der Waals surface area contributed by atoms with Crippen molar-refractivity contribution < 1.29 is 13.5 Å². The molecular formula is C29H33F2NOS3. The van der Waals surface area contributed by atoms with E-state index >= 15 is 0 Å². The van der Waals surface area contributed by atoms with Crippen LogP contribution in [0.15, 0.2) is 97.9 Å². The fourth-order valence-corrected chi connectivity index (χ4v) is 6.64. The zero-order chi connectivity index (χ0) is 25.8. The molecule has 0 N–H and O–H groups in total. The van der Waals surface area contributed by atoms with Crippen molar-refractivity contribution in [2.75, 3.05) is 0 Å². The highest BCUT2D eigenvalue weighted by Gasteiger charge is 2.21. The molecule has 0 aliphatic heterocycles. The Morgan fingerprint density at radius 2 is 1.36 bits per heavy atom. The number of halogens is 2. The molecule has 2 nitrogen and oxygen atoms in total. The SMILES string of the molecule is CCCC(CC(C)C)OC(CC(Sc1ccc(F)cc1)Sc1ccc(F)cc1)=NSc1ccccc1. The molecule has 3 rings (SSSR count). The third-order valence-corrected chi connectivity index (χ3v) is 8.45. The average molecular weight is 546 g/mol. The van der Waals surface area contributed by atoms with E-state index in [0.29, 0.717) is 18.2 Å². The van der Waals surface area contributed by atoms with Gasteiger partial charge in [-0.15, -0.1) is 23.5 Å². The number of thioether (sulfide) groups is 2. The van der Waals surface area contributed by atoms with Crippen LogP contribution < -0.4 is 0 Å². The van der Waals surface area contributed by atoms with E-state index in [-0.39, 0.29) is 22.3 Å². The van der Waals surface area contributed by atoms with Gasteiger partial charge in [-0.05, 0) is 79.4 Å². The van der Waals surface area contributed by atoms with Crippen molar-refractivity contribution >= 4 is 41.4 Å². The maximum absolute atomic E-state index is 13.5. The van der Waals surface area contributed by atoms with Gasteiger partial charge in [-0.2, -0.15) is 4.40 Å². The molecule has 1 atom stereocenters. The fourth-order valence-electron chi connectivity index (χ4n) is 3.54. The van der Waals surface area contributed by atoms with E-state index in [9.17, 15) is 8.78 Å². The van der Waals surface area contributed by atoms with Gasteiger partial charge in [0.2, 0.25) is 0 Å². The number of benzene rings is 3. The van der Waals surface area contributed by atoms with E-state index < -0.39 is 0 Å². The first-order valence-electron chi connectivity index (χ1n) is 12.2. The summed E-state index contributed by atoms with van der Waals surface area (Å²) < 4.78 is 38.4. The summed E-state index contributed by atoms with van der Waals surface area (Å²) in [4.78, 5) is 2.96. The first-order chi connectivity index (χ1) is 17.4. The minimum absolute atomic E-state index is 0.00243. The molecular weight excluding hydrogens is 513 g/mol. The summed E-state index contributed by atoms with van der Waals surface area (Å²) in [5.74, 6) is 0.686. The van der Waals surface area contributed by atoms with Crippen molar-refractivity contribution in [2.45, 2.75) is 71.8 Å². The second-order valence-electron chi connectivity index (χ2n) is 8.82. The number of nitrogens with zero attached hydrogens (tertiary/aromatic N) is 1. The Bertz CT molecular complexity index is 1010. The molecule has 192 valence electrons. The van der Waals surface area contributed by atoms with Crippen LogP contribution in [0.5, 0.6) is 0 Å². The molecule has 0 bridgehead atoms. The average Bonchev–Trinajstić information content (AvgIpc) is 2.86. The third kappa shape index (κ3) is 10.6. The quantitative estimate of drug-likeness (QED) is 0.0700. The Balaban J connectivity index is 1.85. The summed E-state index contributed by atoms with van der Waals surface area (Å²) in [6.45, 7) is 6.59. The highest BCUT2D eigenvalue weighted by atomic mass is 32.2. The summed E-state index contributed by atoms with van der Waals surface area (Å²) in [6, 6.07) is 23.1. The Kier molecular flexibility index (Phi) is 12.2. The van der Waals surface area contributed by atoms with Crippen LogP contribution in [0.4, 0.5) is 8.78 Å². The van der Waals surface area contributed by atoms with Crippen LogP contribution in [-0.2, 0) is 4.74 Å². The summed E-state index contributed by atoms with van der Waals surface area (Å²) in [5.41, 5.74) is 0. The van der Waals surface area contributed by atoms with Crippen molar-refractivity contribution in [3.63, 3.8) is 0 Å². The van der Waals surface area contributed by atoms with E-state index in [2.05, 4.69) is 20.8 Å². The van der Waals surface area contributed by atoms with Crippen LogP contribution in [0.3, 0.4) is 0 Å². The van der Waals surface area contributed by atoms with Gasteiger partial charge in [0, 0.05) is 33.1 Å². The summed E-state index contributed by atoms with van der Waals surface area (Å²) in [6.07, 6.45) is 3.63. The lowest BCUT2D eigenvalue weighted by Crippen LogP contribution is -2.22. The number of ether oxygens (including phenoxy) is 1. The topological polar surface area (TPSA) is 21.6 Å². The standard InChI is InChI=1S/C29H33F2NOS3/c1-4-8-24(19-21(2)3)33-28(32-36-27-9-6-5-7-10-27)20-29(34-25-15-11-22(30)12-16-25)35-26-17-13-23(31)14-18-26/h5-7,9-18,21,24,29H,4,8,19-20H2,1-3H3. The van der Waals surface area contributed by atoms with Gasteiger partial charge in [0.15, 0.2) is 5.90 Å². The predicted octanol–water partition coefficient (Wildman–Crippen LogP) is 9.90. The third-order valence-electron chi connectivity index (χ3n) is 5.15. The lowest BCUT2D eigenvalue weighted by Gasteiger charge is -2.24. The molecule has 0 amide bonds. The van der Waals surface area contributed by atoms with Crippen LogP contribution in [0.1, 0.15) is 46.5 Å². The Labute approximate surface area is 226 Å². The zero-order valence-corrected chi connectivity index (χ0v) is 23.4. The molecule has 36 heavy (non-hydrogen) atoms. The molecule has 0 heterocycles.